The predicted octanol–water partition coefficient (Wildman–Crippen LogP) is 3.78. The van der Waals surface area contributed by atoms with Crippen LogP contribution in [0.1, 0.15) is 23.7 Å². The van der Waals surface area contributed by atoms with Crippen LogP contribution in [0.2, 0.25) is 0 Å². The van der Waals surface area contributed by atoms with E-state index in [2.05, 4.69) is 5.10 Å². The van der Waals surface area contributed by atoms with Crippen molar-refractivity contribution < 1.29 is 14.7 Å². The van der Waals surface area contributed by atoms with E-state index in [1.807, 2.05) is 54.8 Å². The zero-order chi connectivity index (χ0) is 19.7. The van der Waals surface area contributed by atoms with Gasteiger partial charge in [-0.15, -0.1) is 11.3 Å². The molecule has 1 saturated heterocycles. The Kier molecular flexibility index (Phi) is 5.00. The van der Waals surface area contributed by atoms with Crippen molar-refractivity contribution in [3.8, 4) is 16.3 Å². The monoisotopic (exact) mass is 395 g/mol. The summed E-state index contributed by atoms with van der Waals surface area (Å²) in [5.74, 6) is -1.39. The van der Waals surface area contributed by atoms with Crippen LogP contribution in [0.5, 0.6) is 0 Å². The first-order valence-electron chi connectivity index (χ1n) is 9.24. The molecule has 0 radical (unpaired) electrons. The summed E-state index contributed by atoms with van der Waals surface area (Å²) in [6.45, 7) is 2.78. The number of piperidine rings is 1. The summed E-state index contributed by atoms with van der Waals surface area (Å²) in [6.07, 6.45) is 2.35. The van der Waals surface area contributed by atoms with Crippen LogP contribution in [-0.2, 0) is 4.79 Å². The summed E-state index contributed by atoms with van der Waals surface area (Å²) in [4.78, 5) is 27.4. The highest BCUT2D eigenvalue weighted by atomic mass is 32.1. The minimum Gasteiger partial charge on any atom is -0.481 e. The molecule has 2 aromatic heterocycles. The van der Waals surface area contributed by atoms with Gasteiger partial charge in [0, 0.05) is 19.3 Å². The summed E-state index contributed by atoms with van der Waals surface area (Å²) in [5.41, 5.74) is 2.01. The van der Waals surface area contributed by atoms with Gasteiger partial charge in [-0.1, -0.05) is 31.2 Å². The number of aliphatic carboxylic acids is 1. The average molecular weight is 395 g/mol. The zero-order valence-corrected chi connectivity index (χ0v) is 16.3. The molecule has 144 valence electrons. The van der Waals surface area contributed by atoms with E-state index in [1.165, 1.54) is 11.3 Å². The second kappa shape index (κ2) is 7.59. The molecule has 1 aromatic carbocycles. The van der Waals surface area contributed by atoms with Gasteiger partial charge >= 0.3 is 5.97 Å². The highest BCUT2D eigenvalue weighted by molar-refractivity contribution is 7.13. The highest BCUT2D eigenvalue weighted by Crippen LogP contribution is 2.30. The summed E-state index contributed by atoms with van der Waals surface area (Å²) in [5, 5.41) is 16.1. The van der Waals surface area contributed by atoms with Gasteiger partial charge in [0.05, 0.1) is 22.0 Å². The van der Waals surface area contributed by atoms with Crippen molar-refractivity contribution in [1.82, 2.24) is 14.7 Å². The number of benzene rings is 1. The zero-order valence-electron chi connectivity index (χ0n) is 15.5. The number of aromatic nitrogens is 2. The number of hydrogen-bond acceptors (Lipinski definition) is 4. The molecule has 1 amide bonds. The molecular weight excluding hydrogens is 374 g/mol. The first-order valence-corrected chi connectivity index (χ1v) is 10.1. The number of carboxylic acids is 1. The molecule has 3 aromatic rings. The Morgan fingerprint density at radius 1 is 1.14 bits per heavy atom. The van der Waals surface area contributed by atoms with Gasteiger partial charge in [-0.2, -0.15) is 5.10 Å². The molecular formula is C21H21N3O3S. The molecule has 2 unspecified atom stereocenters. The number of nitrogens with zero attached hydrogens (tertiary/aromatic N) is 3. The fourth-order valence-electron chi connectivity index (χ4n) is 3.71. The number of para-hydroxylation sites is 1. The number of hydrogen-bond donors (Lipinski definition) is 1. The van der Waals surface area contributed by atoms with Crippen LogP contribution in [0.4, 0.5) is 0 Å². The number of carbonyl (C=O) groups excluding carboxylic acids is 1. The van der Waals surface area contributed by atoms with Crippen molar-refractivity contribution in [3.05, 3.63) is 59.6 Å². The van der Waals surface area contributed by atoms with Crippen molar-refractivity contribution in [2.45, 2.75) is 13.3 Å². The Morgan fingerprint density at radius 3 is 2.61 bits per heavy atom. The minimum absolute atomic E-state index is 0.146. The van der Waals surface area contributed by atoms with Crippen molar-refractivity contribution in [2.24, 2.45) is 11.8 Å². The molecule has 0 aliphatic carbocycles. The van der Waals surface area contributed by atoms with Crippen LogP contribution < -0.4 is 0 Å². The van der Waals surface area contributed by atoms with E-state index in [0.717, 1.165) is 10.6 Å². The lowest BCUT2D eigenvalue weighted by Gasteiger charge is -2.34. The topological polar surface area (TPSA) is 75.4 Å². The molecule has 1 aliphatic heterocycles. The Hall–Kier alpha value is -2.93. The molecule has 0 bridgehead atoms. The smallest absolute Gasteiger partial charge is 0.308 e. The molecule has 1 N–H and O–H groups in total. The second-order valence-corrected chi connectivity index (χ2v) is 8.18. The van der Waals surface area contributed by atoms with Crippen LogP contribution in [0.3, 0.4) is 0 Å². The molecule has 1 fully saturated rings. The van der Waals surface area contributed by atoms with Crippen LogP contribution in [0, 0.1) is 11.8 Å². The Bertz CT molecular complexity index is 982. The average Bonchev–Trinajstić information content (AvgIpc) is 3.37. The molecule has 7 heteroatoms. The minimum atomic E-state index is -0.845. The van der Waals surface area contributed by atoms with E-state index in [0.29, 0.717) is 24.2 Å². The number of amides is 1. The lowest BCUT2D eigenvalue weighted by Crippen LogP contribution is -2.45. The van der Waals surface area contributed by atoms with Gasteiger partial charge in [-0.25, -0.2) is 4.68 Å². The number of thiophene rings is 1. The van der Waals surface area contributed by atoms with Crippen LogP contribution in [-0.4, -0.2) is 44.8 Å². The van der Waals surface area contributed by atoms with Gasteiger partial charge in [0.15, 0.2) is 0 Å². The van der Waals surface area contributed by atoms with Crippen molar-refractivity contribution >= 4 is 23.2 Å². The molecule has 6 nitrogen and oxygen atoms in total. The first-order chi connectivity index (χ1) is 13.5. The Labute approximate surface area is 167 Å². The number of likely N-dealkylation sites (tertiary alicyclic amines) is 1. The van der Waals surface area contributed by atoms with Gasteiger partial charge in [0.25, 0.3) is 5.91 Å². The molecule has 3 heterocycles. The van der Waals surface area contributed by atoms with E-state index in [-0.39, 0.29) is 18.4 Å². The normalized spacial score (nSPS) is 19.5. The number of rotatable bonds is 4. The summed E-state index contributed by atoms with van der Waals surface area (Å²) < 4.78 is 1.71. The number of carboxylic acid groups (broad SMARTS) is 1. The maximum atomic E-state index is 13.4. The van der Waals surface area contributed by atoms with Gasteiger partial charge in [-0.3, -0.25) is 9.59 Å². The molecule has 4 rings (SSSR count). The van der Waals surface area contributed by atoms with E-state index in [4.69, 9.17) is 0 Å². The standard InChI is InChI=1S/C21H21N3O3S/c1-14-10-15(21(26)27)12-23(11-14)20(25)17-13-24(16-6-3-2-4-7-16)22-19(17)18-8-5-9-28-18/h2-9,13-15H,10-12H2,1H3,(H,26,27). The van der Waals surface area contributed by atoms with Gasteiger partial charge in [0.1, 0.15) is 5.69 Å². The fraction of sp³-hybridized carbons (Fsp3) is 0.286. The van der Waals surface area contributed by atoms with Crippen LogP contribution >= 0.6 is 11.3 Å². The summed E-state index contributed by atoms with van der Waals surface area (Å²) in [6, 6.07) is 13.5. The van der Waals surface area contributed by atoms with E-state index >= 15 is 0 Å². The number of carbonyl (C=O) groups is 2. The third-order valence-corrected chi connectivity index (χ3v) is 5.89. The van der Waals surface area contributed by atoms with Gasteiger partial charge < -0.3 is 10.0 Å². The molecule has 1 aliphatic rings. The molecule has 0 spiro atoms. The molecule has 0 saturated carbocycles. The lowest BCUT2D eigenvalue weighted by atomic mass is 9.90. The van der Waals surface area contributed by atoms with Crippen molar-refractivity contribution in [1.29, 1.82) is 0 Å². The highest BCUT2D eigenvalue weighted by Gasteiger charge is 2.34. The third-order valence-electron chi connectivity index (χ3n) is 5.02. The SMILES string of the molecule is CC1CC(C(=O)O)CN(C(=O)c2cn(-c3ccccc3)nc2-c2cccs2)C1. The van der Waals surface area contributed by atoms with E-state index in [1.54, 1.807) is 15.8 Å². The van der Waals surface area contributed by atoms with E-state index < -0.39 is 11.9 Å². The lowest BCUT2D eigenvalue weighted by molar-refractivity contribution is -0.143. The van der Waals surface area contributed by atoms with Gasteiger partial charge in [0.2, 0.25) is 0 Å². The largest absolute Gasteiger partial charge is 0.481 e. The van der Waals surface area contributed by atoms with E-state index in [9.17, 15) is 14.7 Å². The van der Waals surface area contributed by atoms with Crippen LogP contribution in [0.15, 0.2) is 54.0 Å². The Balaban J connectivity index is 1.72. The first kappa shape index (κ1) is 18.4. The quantitative estimate of drug-likeness (QED) is 0.729. The van der Waals surface area contributed by atoms with Crippen molar-refractivity contribution in [2.75, 3.05) is 13.1 Å². The van der Waals surface area contributed by atoms with Crippen LogP contribution in [0.25, 0.3) is 16.3 Å². The van der Waals surface area contributed by atoms with Crippen molar-refractivity contribution in [3.63, 3.8) is 0 Å². The fourth-order valence-corrected chi connectivity index (χ4v) is 4.43. The predicted molar refractivity (Wildman–Crippen MR) is 108 cm³/mol. The summed E-state index contributed by atoms with van der Waals surface area (Å²) in [7, 11) is 0. The molecule has 28 heavy (non-hydrogen) atoms. The third kappa shape index (κ3) is 3.57. The maximum absolute atomic E-state index is 13.4. The van der Waals surface area contributed by atoms with Gasteiger partial charge in [-0.05, 0) is 35.9 Å². The second-order valence-electron chi connectivity index (χ2n) is 7.23. The maximum Gasteiger partial charge on any atom is 0.308 e. The summed E-state index contributed by atoms with van der Waals surface area (Å²) >= 11 is 1.53. The molecule has 2 atom stereocenters. The Morgan fingerprint density at radius 2 is 1.93 bits per heavy atom.